The summed E-state index contributed by atoms with van der Waals surface area (Å²) >= 11 is 5.95. The van der Waals surface area contributed by atoms with Crippen LogP contribution >= 0.6 is 11.6 Å². The summed E-state index contributed by atoms with van der Waals surface area (Å²) < 4.78 is 26.9. The summed E-state index contributed by atoms with van der Waals surface area (Å²) in [5.41, 5.74) is 2.22. The maximum atomic E-state index is 14.4. The van der Waals surface area contributed by atoms with E-state index in [-0.39, 0.29) is 11.4 Å². The second-order valence-corrected chi connectivity index (χ2v) is 5.47. The van der Waals surface area contributed by atoms with Gasteiger partial charge in [-0.3, -0.25) is 0 Å². The van der Waals surface area contributed by atoms with E-state index in [1.807, 2.05) is 17.7 Å². The van der Waals surface area contributed by atoms with Crippen LogP contribution in [0.25, 0.3) is 22.2 Å². The summed E-state index contributed by atoms with van der Waals surface area (Å²) in [5.74, 6) is -0.116. The average molecular weight is 336 g/mol. The highest BCUT2D eigenvalue weighted by molar-refractivity contribution is 6.30. The SMILES string of the molecule is COc1nc(C)c(F)c(OC)c1-c1cc2cc(Cl)ncc2n1C. The largest absolute Gasteiger partial charge is 0.493 e. The number of nitrogens with zero attached hydrogens (tertiary/aromatic N) is 3. The third-order valence-electron chi connectivity index (χ3n) is 3.78. The van der Waals surface area contributed by atoms with Crippen molar-refractivity contribution in [3.05, 3.63) is 35.0 Å². The Morgan fingerprint density at radius 1 is 1.22 bits per heavy atom. The van der Waals surface area contributed by atoms with Gasteiger partial charge in [0.05, 0.1) is 37.3 Å². The minimum absolute atomic E-state index is 0.0966. The molecular formula is C16H15ClFN3O2. The lowest BCUT2D eigenvalue weighted by atomic mass is 10.1. The zero-order chi connectivity index (χ0) is 16.7. The molecule has 0 atom stereocenters. The van der Waals surface area contributed by atoms with Gasteiger partial charge in [-0.25, -0.2) is 14.4 Å². The Morgan fingerprint density at radius 3 is 2.61 bits per heavy atom. The van der Waals surface area contributed by atoms with Gasteiger partial charge < -0.3 is 14.0 Å². The Hall–Kier alpha value is -2.34. The molecule has 0 aliphatic heterocycles. The molecule has 0 spiro atoms. The van der Waals surface area contributed by atoms with Crippen LogP contribution in [0.2, 0.25) is 5.15 Å². The minimum atomic E-state index is -0.510. The van der Waals surface area contributed by atoms with Gasteiger partial charge in [-0.15, -0.1) is 0 Å². The molecule has 0 N–H and O–H groups in total. The smallest absolute Gasteiger partial charge is 0.226 e. The topological polar surface area (TPSA) is 49.2 Å². The summed E-state index contributed by atoms with van der Waals surface area (Å²) in [4.78, 5) is 8.26. The van der Waals surface area contributed by atoms with E-state index in [1.165, 1.54) is 14.2 Å². The molecule has 0 saturated heterocycles. The van der Waals surface area contributed by atoms with Crippen LogP contribution in [-0.2, 0) is 7.05 Å². The van der Waals surface area contributed by atoms with Crippen LogP contribution in [0, 0.1) is 12.7 Å². The average Bonchev–Trinajstić information content (AvgIpc) is 2.85. The van der Waals surface area contributed by atoms with Gasteiger partial charge in [-0.05, 0) is 19.1 Å². The van der Waals surface area contributed by atoms with Crippen molar-refractivity contribution >= 4 is 22.5 Å². The number of methoxy groups -OCH3 is 2. The van der Waals surface area contributed by atoms with Gasteiger partial charge in [0.25, 0.3) is 0 Å². The first kappa shape index (κ1) is 15.6. The quantitative estimate of drug-likeness (QED) is 0.684. The summed E-state index contributed by atoms with van der Waals surface area (Å²) in [5, 5.41) is 1.27. The summed E-state index contributed by atoms with van der Waals surface area (Å²) in [6.07, 6.45) is 1.66. The molecule has 0 unspecified atom stereocenters. The summed E-state index contributed by atoms with van der Waals surface area (Å²) in [6, 6.07) is 3.62. The van der Waals surface area contributed by atoms with Crippen molar-refractivity contribution in [2.75, 3.05) is 14.2 Å². The Bertz CT molecular complexity index is 908. The number of aromatic nitrogens is 3. The molecule has 0 bridgehead atoms. The molecule has 0 aromatic carbocycles. The summed E-state index contributed by atoms with van der Waals surface area (Å²) in [6.45, 7) is 1.56. The van der Waals surface area contributed by atoms with Crippen LogP contribution in [0.3, 0.4) is 0 Å². The van der Waals surface area contributed by atoms with E-state index in [0.717, 1.165) is 10.9 Å². The molecule has 23 heavy (non-hydrogen) atoms. The van der Waals surface area contributed by atoms with E-state index in [4.69, 9.17) is 21.1 Å². The zero-order valence-corrected chi connectivity index (χ0v) is 13.9. The van der Waals surface area contributed by atoms with Gasteiger partial charge in [0.15, 0.2) is 11.6 Å². The number of hydrogen-bond acceptors (Lipinski definition) is 4. The highest BCUT2D eigenvalue weighted by Crippen LogP contribution is 2.41. The summed E-state index contributed by atoms with van der Waals surface area (Å²) in [7, 11) is 4.76. The fraction of sp³-hybridized carbons (Fsp3) is 0.250. The Kier molecular flexibility index (Phi) is 3.85. The van der Waals surface area contributed by atoms with Crippen LogP contribution in [0.5, 0.6) is 11.6 Å². The number of halogens is 2. The number of aryl methyl sites for hydroxylation is 2. The normalized spacial score (nSPS) is 11.0. The van der Waals surface area contributed by atoms with Crippen molar-refractivity contribution in [3.63, 3.8) is 0 Å². The lowest BCUT2D eigenvalue weighted by Gasteiger charge is -2.15. The fourth-order valence-electron chi connectivity index (χ4n) is 2.64. The molecule has 5 nitrogen and oxygen atoms in total. The molecule has 3 aromatic rings. The third-order valence-corrected chi connectivity index (χ3v) is 3.98. The first-order valence-electron chi connectivity index (χ1n) is 6.87. The van der Waals surface area contributed by atoms with E-state index >= 15 is 0 Å². The zero-order valence-electron chi connectivity index (χ0n) is 13.1. The molecule has 3 rings (SSSR count). The van der Waals surface area contributed by atoms with Crippen molar-refractivity contribution in [3.8, 4) is 22.9 Å². The predicted molar refractivity (Wildman–Crippen MR) is 86.8 cm³/mol. The number of rotatable bonds is 3. The van der Waals surface area contributed by atoms with Crippen molar-refractivity contribution < 1.29 is 13.9 Å². The maximum Gasteiger partial charge on any atom is 0.226 e. The van der Waals surface area contributed by atoms with Crippen molar-refractivity contribution in [1.29, 1.82) is 0 Å². The Balaban J connectivity index is 2.38. The molecule has 0 fully saturated rings. The van der Waals surface area contributed by atoms with Crippen LogP contribution in [0.1, 0.15) is 5.69 Å². The van der Waals surface area contributed by atoms with Gasteiger partial charge in [0.2, 0.25) is 5.88 Å². The monoisotopic (exact) mass is 335 g/mol. The van der Waals surface area contributed by atoms with Crippen molar-refractivity contribution in [1.82, 2.24) is 14.5 Å². The molecule has 0 aliphatic rings. The third kappa shape index (κ3) is 2.39. The van der Waals surface area contributed by atoms with E-state index in [9.17, 15) is 4.39 Å². The maximum absolute atomic E-state index is 14.4. The van der Waals surface area contributed by atoms with Crippen LogP contribution in [0.15, 0.2) is 18.3 Å². The molecular weight excluding hydrogens is 321 g/mol. The van der Waals surface area contributed by atoms with Gasteiger partial charge in [-0.1, -0.05) is 11.6 Å². The van der Waals surface area contributed by atoms with Gasteiger partial charge >= 0.3 is 0 Å². The molecule has 0 saturated carbocycles. The first-order valence-corrected chi connectivity index (χ1v) is 7.25. The number of fused-ring (bicyclic) bond motifs is 1. The van der Waals surface area contributed by atoms with Crippen LogP contribution in [-0.4, -0.2) is 28.8 Å². The van der Waals surface area contributed by atoms with Gasteiger partial charge in [0, 0.05) is 12.4 Å². The van der Waals surface area contributed by atoms with Crippen molar-refractivity contribution in [2.45, 2.75) is 6.92 Å². The molecule has 0 radical (unpaired) electrons. The fourth-order valence-corrected chi connectivity index (χ4v) is 2.81. The Morgan fingerprint density at radius 2 is 1.96 bits per heavy atom. The minimum Gasteiger partial charge on any atom is -0.493 e. The second-order valence-electron chi connectivity index (χ2n) is 5.08. The van der Waals surface area contributed by atoms with E-state index in [0.29, 0.717) is 22.3 Å². The van der Waals surface area contributed by atoms with Gasteiger partial charge in [-0.2, -0.15) is 0 Å². The predicted octanol–water partition coefficient (Wildman–Crippen LogP) is 3.75. The van der Waals surface area contributed by atoms with E-state index in [1.54, 1.807) is 19.2 Å². The van der Waals surface area contributed by atoms with E-state index in [2.05, 4.69) is 9.97 Å². The lowest BCUT2D eigenvalue weighted by Crippen LogP contribution is -2.04. The van der Waals surface area contributed by atoms with Gasteiger partial charge in [0.1, 0.15) is 10.7 Å². The number of ether oxygens (including phenoxy) is 2. The highest BCUT2D eigenvalue weighted by Gasteiger charge is 2.24. The molecule has 3 heterocycles. The van der Waals surface area contributed by atoms with Crippen LogP contribution in [0.4, 0.5) is 4.39 Å². The highest BCUT2D eigenvalue weighted by atomic mass is 35.5. The molecule has 120 valence electrons. The van der Waals surface area contributed by atoms with Crippen molar-refractivity contribution in [2.24, 2.45) is 7.05 Å². The second kappa shape index (κ2) is 5.70. The van der Waals surface area contributed by atoms with E-state index < -0.39 is 5.82 Å². The molecule has 3 aromatic heterocycles. The van der Waals surface area contributed by atoms with Crippen LogP contribution < -0.4 is 9.47 Å². The number of hydrogen-bond donors (Lipinski definition) is 0. The lowest BCUT2D eigenvalue weighted by molar-refractivity contribution is 0.364. The first-order chi connectivity index (χ1) is 11.0. The standard InChI is InChI=1S/C16H15ClFN3O2/c1-8-14(18)15(22-3)13(16(20-8)23-4)10-5-9-6-12(17)19-7-11(9)21(10)2/h5-7H,1-4H3. The molecule has 0 amide bonds. The molecule has 0 aliphatic carbocycles. The Labute approximate surface area is 137 Å². The number of pyridine rings is 2. The molecule has 7 heteroatoms.